The Morgan fingerprint density at radius 3 is 2.88 bits per heavy atom. The molecule has 0 aliphatic carbocycles. The average molecular weight is 343 g/mol. The van der Waals surface area contributed by atoms with E-state index in [2.05, 4.69) is 22.3 Å². The van der Waals surface area contributed by atoms with Crippen molar-refractivity contribution in [2.24, 2.45) is 0 Å². The summed E-state index contributed by atoms with van der Waals surface area (Å²) in [6.07, 6.45) is 7.23. The molecule has 0 saturated heterocycles. The number of nitrogens with zero attached hydrogens (tertiary/aromatic N) is 3. The zero-order chi connectivity index (χ0) is 17.5. The molecule has 3 rings (SSSR count). The number of para-hydroxylation sites is 2. The number of rotatable bonds is 8. The van der Waals surface area contributed by atoms with Gasteiger partial charge in [-0.3, -0.25) is 4.90 Å². The zero-order valence-corrected chi connectivity index (χ0v) is 14.6. The number of ether oxygens (including phenoxy) is 2. The summed E-state index contributed by atoms with van der Waals surface area (Å²) < 4.78 is 12.6. The van der Waals surface area contributed by atoms with Crippen molar-refractivity contribution >= 4 is 5.57 Å². The number of methoxy groups -OCH3 is 1. The normalized spacial score (nSPS) is 15.2. The summed E-state index contributed by atoms with van der Waals surface area (Å²) in [6.45, 7) is 3.98. The standard InChI is InChI=1S/C19H25N3O3/c1-24-19-5-3-2-4-18(19)22-15-17(14-20-22)16-6-8-21(9-7-16)10-12-25-13-11-23/h2-6,14-15,23H,7-13H2,1H3. The maximum Gasteiger partial charge on any atom is 0.144 e. The molecule has 0 spiro atoms. The molecule has 0 atom stereocenters. The molecule has 0 bridgehead atoms. The Morgan fingerprint density at radius 1 is 1.24 bits per heavy atom. The molecule has 2 aromatic rings. The maximum atomic E-state index is 8.72. The lowest BCUT2D eigenvalue weighted by atomic mass is 10.0. The number of hydrogen-bond acceptors (Lipinski definition) is 5. The highest BCUT2D eigenvalue weighted by Crippen LogP contribution is 2.25. The third kappa shape index (κ3) is 4.48. The summed E-state index contributed by atoms with van der Waals surface area (Å²) in [7, 11) is 1.67. The van der Waals surface area contributed by atoms with E-state index < -0.39 is 0 Å². The van der Waals surface area contributed by atoms with Crippen LogP contribution < -0.4 is 4.74 Å². The minimum absolute atomic E-state index is 0.0836. The summed E-state index contributed by atoms with van der Waals surface area (Å²) in [5, 5.41) is 13.2. The van der Waals surface area contributed by atoms with E-state index >= 15 is 0 Å². The average Bonchev–Trinajstić information content (AvgIpc) is 3.16. The molecule has 2 heterocycles. The highest BCUT2D eigenvalue weighted by atomic mass is 16.5. The first-order chi connectivity index (χ1) is 12.3. The molecule has 1 N–H and O–H groups in total. The smallest absolute Gasteiger partial charge is 0.144 e. The molecule has 1 aromatic carbocycles. The molecule has 0 amide bonds. The van der Waals surface area contributed by atoms with E-state index in [9.17, 15) is 0 Å². The van der Waals surface area contributed by atoms with Gasteiger partial charge in [-0.25, -0.2) is 4.68 Å². The van der Waals surface area contributed by atoms with E-state index in [0.717, 1.165) is 43.1 Å². The number of aliphatic hydroxyl groups is 1. The number of benzene rings is 1. The number of aliphatic hydroxyl groups excluding tert-OH is 1. The SMILES string of the molecule is COc1ccccc1-n1cc(C2=CCN(CCOCCO)CC2)cn1. The molecule has 1 aromatic heterocycles. The van der Waals surface area contributed by atoms with Crippen LogP contribution in [0.3, 0.4) is 0 Å². The Hall–Kier alpha value is -2.15. The van der Waals surface area contributed by atoms with Crippen LogP contribution in [0.5, 0.6) is 5.75 Å². The van der Waals surface area contributed by atoms with E-state index in [4.69, 9.17) is 14.6 Å². The van der Waals surface area contributed by atoms with Gasteiger partial charge < -0.3 is 14.6 Å². The fourth-order valence-corrected chi connectivity index (χ4v) is 2.98. The topological polar surface area (TPSA) is 59.8 Å². The van der Waals surface area contributed by atoms with Gasteiger partial charge in [0.25, 0.3) is 0 Å². The van der Waals surface area contributed by atoms with E-state index in [1.807, 2.05) is 35.1 Å². The van der Waals surface area contributed by atoms with Crippen LogP contribution >= 0.6 is 0 Å². The molecule has 134 valence electrons. The summed E-state index contributed by atoms with van der Waals surface area (Å²) in [6, 6.07) is 7.87. The van der Waals surface area contributed by atoms with Crippen LogP contribution in [0.4, 0.5) is 0 Å². The van der Waals surface area contributed by atoms with Crippen molar-refractivity contribution in [3.8, 4) is 11.4 Å². The lowest BCUT2D eigenvalue weighted by Gasteiger charge is -2.25. The molecule has 0 radical (unpaired) electrons. The molecule has 6 nitrogen and oxygen atoms in total. The molecule has 25 heavy (non-hydrogen) atoms. The van der Waals surface area contributed by atoms with Crippen molar-refractivity contribution in [2.75, 3.05) is 46.6 Å². The Balaban J connectivity index is 1.62. The van der Waals surface area contributed by atoms with Gasteiger partial charge in [0.15, 0.2) is 0 Å². The number of aromatic nitrogens is 2. The third-order valence-corrected chi connectivity index (χ3v) is 4.37. The van der Waals surface area contributed by atoms with Gasteiger partial charge in [0.05, 0.1) is 33.1 Å². The van der Waals surface area contributed by atoms with Gasteiger partial charge >= 0.3 is 0 Å². The highest BCUT2D eigenvalue weighted by molar-refractivity contribution is 5.66. The number of hydrogen-bond donors (Lipinski definition) is 1. The summed E-state index contributed by atoms with van der Waals surface area (Å²) in [4.78, 5) is 2.35. The molecule has 0 saturated carbocycles. The Morgan fingerprint density at radius 2 is 2.12 bits per heavy atom. The molecular weight excluding hydrogens is 318 g/mol. The van der Waals surface area contributed by atoms with Crippen LogP contribution in [0.15, 0.2) is 42.7 Å². The lowest BCUT2D eigenvalue weighted by Crippen LogP contribution is -2.31. The van der Waals surface area contributed by atoms with Gasteiger partial charge in [-0.05, 0) is 24.1 Å². The fraction of sp³-hybridized carbons (Fsp3) is 0.421. The first-order valence-corrected chi connectivity index (χ1v) is 8.60. The second kappa shape index (κ2) is 8.80. The maximum absolute atomic E-state index is 8.72. The molecule has 0 fully saturated rings. The van der Waals surface area contributed by atoms with Gasteiger partial charge in [-0.15, -0.1) is 0 Å². The predicted octanol–water partition coefficient (Wildman–Crippen LogP) is 1.98. The van der Waals surface area contributed by atoms with Gasteiger partial charge in [-0.1, -0.05) is 18.2 Å². The quantitative estimate of drug-likeness (QED) is 0.743. The summed E-state index contributed by atoms with van der Waals surface area (Å²) in [5.74, 6) is 0.809. The summed E-state index contributed by atoms with van der Waals surface area (Å²) in [5.41, 5.74) is 3.42. The van der Waals surface area contributed by atoms with Crippen LogP contribution in [0.25, 0.3) is 11.3 Å². The van der Waals surface area contributed by atoms with Crippen molar-refractivity contribution in [3.05, 3.63) is 48.3 Å². The van der Waals surface area contributed by atoms with Gasteiger partial charge in [0, 0.05) is 31.4 Å². The van der Waals surface area contributed by atoms with E-state index in [0.29, 0.717) is 13.2 Å². The van der Waals surface area contributed by atoms with Crippen molar-refractivity contribution in [3.63, 3.8) is 0 Å². The fourth-order valence-electron chi connectivity index (χ4n) is 2.98. The van der Waals surface area contributed by atoms with Crippen molar-refractivity contribution in [1.82, 2.24) is 14.7 Å². The van der Waals surface area contributed by atoms with Crippen molar-refractivity contribution < 1.29 is 14.6 Å². The van der Waals surface area contributed by atoms with Gasteiger partial charge in [0.1, 0.15) is 11.4 Å². The zero-order valence-electron chi connectivity index (χ0n) is 14.6. The Kier molecular flexibility index (Phi) is 6.22. The molecule has 1 aliphatic heterocycles. The van der Waals surface area contributed by atoms with Crippen LogP contribution in [0.1, 0.15) is 12.0 Å². The minimum Gasteiger partial charge on any atom is -0.494 e. The monoisotopic (exact) mass is 343 g/mol. The lowest BCUT2D eigenvalue weighted by molar-refractivity contribution is 0.0757. The highest BCUT2D eigenvalue weighted by Gasteiger charge is 2.15. The molecule has 0 unspecified atom stereocenters. The second-order valence-electron chi connectivity index (χ2n) is 5.96. The third-order valence-electron chi connectivity index (χ3n) is 4.37. The Labute approximate surface area is 148 Å². The van der Waals surface area contributed by atoms with E-state index in [1.54, 1.807) is 7.11 Å². The van der Waals surface area contributed by atoms with Crippen molar-refractivity contribution in [2.45, 2.75) is 6.42 Å². The molecule has 6 heteroatoms. The van der Waals surface area contributed by atoms with Crippen LogP contribution in [-0.4, -0.2) is 66.4 Å². The Bertz CT molecular complexity index is 711. The predicted molar refractivity (Wildman–Crippen MR) is 97.1 cm³/mol. The van der Waals surface area contributed by atoms with E-state index in [-0.39, 0.29) is 6.61 Å². The largest absolute Gasteiger partial charge is 0.494 e. The van der Waals surface area contributed by atoms with Crippen LogP contribution in [0, 0.1) is 0 Å². The van der Waals surface area contributed by atoms with E-state index in [1.165, 1.54) is 5.57 Å². The van der Waals surface area contributed by atoms with Crippen LogP contribution in [0.2, 0.25) is 0 Å². The minimum atomic E-state index is 0.0836. The first kappa shape index (κ1) is 17.7. The van der Waals surface area contributed by atoms with Crippen LogP contribution in [-0.2, 0) is 4.74 Å². The molecular formula is C19H25N3O3. The second-order valence-corrected chi connectivity index (χ2v) is 5.96. The van der Waals surface area contributed by atoms with Gasteiger partial charge in [-0.2, -0.15) is 5.10 Å². The summed E-state index contributed by atoms with van der Waals surface area (Å²) >= 11 is 0. The van der Waals surface area contributed by atoms with Crippen molar-refractivity contribution in [1.29, 1.82) is 0 Å². The molecule has 1 aliphatic rings. The van der Waals surface area contributed by atoms with Gasteiger partial charge in [0.2, 0.25) is 0 Å². The first-order valence-electron chi connectivity index (χ1n) is 8.60.